The number of carbonyl (C=O) groups excluding carboxylic acids is 1. The van der Waals surface area contributed by atoms with Crippen molar-refractivity contribution in [3.8, 4) is 22.8 Å². The van der Waals surface area contributed by atoms with E-state index in [1.807, 2.05) is 18.2 Å². The molecular weight excluding hydrogens is 294 g/mol. The summed E-state index contributed by atoms with van der Waals surface area (Å²) in [4.78, 5) is 12.2. The normalized spacial score (nSPS) is 15.7. The first-order valence-corrected chi connectivity index (χ1v) is 8.04. The van der Waals surface area contributed by atoms with Crippen LogP contribution in [0.2, 0.25) is 0 Å². The third-order valence-electron chi connectivity index (χ3n) is 4.18. The predicted molar refractivity (Wildman–Crippen MR) is 85.5 cm³/mol. The Morgan fingerprint density at radius 2 is 2.17 bits per heavy atom. The fourth-order valence-corrected chi connectivity index (χ4v) is 2.77. The monoisotopic (exact) mass is 313 g/mol. The van der Waals surface area contributed by atoms with E-state index in [2.05, 4.69) is 22.4 Å². The van der Waals surface area contributed by atoms with Gasteiger partial charge in [-0.2, -0.15) is 5.10 Å². The van der Waals surface area contributed by atoms with Crippen LogP contribution in [0.3, 0.4) is 0 Å². The lowest BCUT2D eigenvalue weighted by atomic mass is 10.1. The van der Waals surface area contributed by atoms with Crippen LogP contribution >= 0.6 is 0 Å². The molecule has 4 rings (SSSR count). The van der Waals surface area contributed by atoms with Crippen LogP contribution in [-0.2, 0) is 11.2 Å². The SMILES string of the molecule is CCCc1[nH]nc(-c2ccc3c(c2)OCO3)c1NC(=O)C1CC1. The fourth-order valence-electron chi connectivity index (χ4n) is 2.77. The lowest BCUT2D eigenvalue weighted by molar-refractivity contribution is -0.117. The number of hydrogen-bond acceptors (Lipinski definition) is 4. The third-order valence-corrected chi connectivity index (χ3v) is 4.18. The highest BCUT2D eigenvalue weighted by molar-refractivity contribution is 5.98. The van der Waals surface area contributed by atoms with Gasteiger partial charge in [0.25, 0.3) is 0 Å². The van der Waals surface area contributed by atoms with Gasteiger partial charge in [0.05, 0.1) is 11.4 Å². The van der Waals surface area contributed by atoms with E-state index in [9.17, 15) is 4.79 Å². The van der Waals surface area contributed by atoms with E-state index in [0.717, 1.165) is 54.1 Å². The molecule has 1 aliphatic carbocycles. The molecule has 1 aromatic carbocycles. The highest BCUT2D eigenvalue weighted by Gasteiger charge is 2.31. The van der Waals surface area contributed by atoms with Crippen molar-refractivity contribution in [1.82, 2.24) is 10.2 Å². The summed E-state index contributed by atoms with van der Waals surface area (Å²) >= 11 is 0. The van der Waals surface area contributed by atoms with Crippen LogP contribution in [0, 0.1) is 5.92 Å². The maximum absolute atomic E-state index is 12.2. The molecule has 0 unspecified atom stereocenters. The molecule has 2 aliphatic rings. The van der Waals surface area contributed by atoms with Crippen molar-refractivity contribution in [2.24, 2.45) is 5.92 Å². The Kier molecular flexibility index (Phi) is 3.44. The maximum Gasteiger partial charge on any atom is 0.231 e. The number of nitrogens with one attached hydrogen (secondary N) is 2. The van der Waals surface area contributed by atoms with E-state index in [1.165, 1.54) is 0 Å². The summed E-state index contributed by atoms with van der Waals surface area (Å²) in [5.74, 6) is 1.69. The van der Waals surface area contributed by atoms with Crippen LogP contribution in [0.1, 0.15) is 31.9 Å². The molecule has 0 atom stereocenters. The van der Waals surface area contributed by atoms with Gasteiger partial charge in [-0.25, -0.2) is 0 Å². The molecule has 6 heteroatoms. The number of fused-ring (bicyclic) bond motifs is 1. The van der Waals surface area contributed by atoms with E-state index in [-0.39, 0.29) is 18.6 Å². The Morgan fingerprint density at radius 3 is 2.96 bits per heavy atom. The maximum atomic E-state index is 12.2. The fraction of sp³-hybridized carbons (Fsp3) is 0.412. The Bertz CT molecular complexity index is 750. The molecule has 23 heavy (non-hydrogen) atoms. The van der Waals surface area contributed by atoms with Crippen LogP contribution in [-0.4, -0.2) is 22.9 Å². The van der Waals surface area contributed by atoms with Gasteiger partial charge in [0.2, 0.25) is 12.7 Å². The largest absolute Gasteiger partial charge is 0.454 e. The number of aryl methyl sites for hydroxylation is 1. The molecule has 6 nitrogen and oxygen atoms in total. The van der Waals surface area contributed by atoms with Crippen LogP contribution in [0.5, 0.6) is 11.5 Å². The number of benzene rings is 1. The molecule has 0 radical (unpaired) electrons. The lowest BCUT2D eigenvalue weighted by Gasteiger charge is -2.08. The molecule has 120 valence electrons. The number of rotatable bonds is 5. The number of amides is 1. The zero-order valence-electron chi connectivity index (χ0n) is 13.0. The average Bonchev–Trinajstić information content (AvgIpc) is 3.19. The number of nitrogens with zero attached hydrogens (tertiary/aromatic N) is 1. The number of H-pyrrole nitrogens is 1. The number of aromatic nitrogens is 2. The summed E-state index contributed by atoms with van der Waals surface area (Å²) < 4.78 is 10.8. The van der Waals surface area contributed by atoms with Crippen molar-refractivity contribution in [3.05, 3.63) is 23.9 Å². The molecule has 1 aromatic heterocycles. The third kappa shape index (κ3) is 2.65. The Labute approximate surface area is 134 Å². The summed E-state index contributed by atoms with van der Waals surface area (Å²) in [5, 5.41) is 10.6. The van der Waals surface area contributed by atoms with Gasteiger partial charge < -0.3 is 14.8 Å². The molecule has 2 heterocycles. The van der Waals surface area contributed by atoms with Gasteiger partial charge >= 0.3 is 0 Å². The van der Waals surface area contributed by atoms with Gasteiger partial charge in [-0.05, 0) is 37.5 Å². The van der Waals surface area contributed by atoms with E-state index in [0.29, 0.717) is 5.75 Å². The second-order valence-electron chi connectivity index (χ2n) is 6.01. The first kappa shape index (κ1) is 14.1. The van der Waals surface area contributed by atoms with Crippen LogP contribution in [0.15, 0.2) is 18.2 Å². The highest BCUT2D eigenvalue weighted by atomic mass is 16.7. The van der Waals surface area contributed by atoms with E-state index in [1.54, 1.807) is 0 Å². The number of carbonyl (C=O) groups is 1. The topological polar surface area (TPSA) is 76.2 Å². The molecule has 0 saturated heterocycles. The van der Waals surface area contributed by atoms with Gasteiger partial charge in [-0.3, -0.25) is 9.89 Å². The van der Waals surface area contributed by atoms with Gasteiger partial charge in [-0.15, -0.1) is 0 Å². The smallest absolute Gasteiger partial charge is 0.231 e. The summed E-state index contributed by atoms with van der Waals surface area (Å²) in [7, 11) is 0. The predicted octanol–water partition coefficient (Wildman–Crippen LogP) is 3.11. The van der Waals surface area contributed by atoms with E-state index in [4.69, 9.17) is 9.47 Å². The number of hydrogen-bond donors (Lipinski definition) is 2. The van der Waals surface area contributed by atoms with Gasteiger partial charge in [0.1, 0.15) is 5.69 Å². The summed E-state index contributed by atoms with van der Waals surface area (Å²) in [6, 6.07) is 5.71. The highest BCUT2D eigenvalue weighted by Crippen LogP contribution is 2.39. The zero-order chi connectivity index (χ0) is 15.8. The van der Waals surface area contributed by atoms with Crippen molar-refractivity contribution >= 4 is 11.6 Å². The Balaban J connectivity index is 1.70. The molecule has 1 saturated carbocycles. The molecular formula is C17H19N3O3. The number of ether oxygens (including phenoxy) is 2. The molecule has 2 aromatic rings. The molecule has 0 spiro atoms. The minimum absolute atomic E-state index is 0.0887. The Morgan fingerprint density at radius 1 is 1.35 bits per heavy atom. The average molecular weight is 313 g/mol. The Hall–Kier alpha value is -2.50. The van der Waals surface area contributed by atoms with E-state index >= 15 is 0 Å². The van der Waals surface area contributed by atoms with Crippen LogP contribution in [0.4, 0.5) is 5.69 Å². The quantitative estimate of drug-likeness (QED) is 0.889. The minimum Gasteiger partial charge on any atom is -0.454 e. The number of anilines is 1. The van der Waals surface area contributed by atoms with Crippen molar-refractivity contribution < 1.29 is 14.3 Å². The summed E-state index contributed by atoms with van der Waals surface area (Å²) in [6.45, 7) is 2.35. The molecule has 2 N–H and O–H groups in total. The first-order valence-electron chi connectivity index (χ1n) is 8.04. The number of aromatic amines is 1. The van der Waals surface area contributed by atoms with Crippen LogP contribution in [0.25, 0.3) is 11.3 Å². The molecule has 0 bridgehead atoms. The van der Waals surface area contributed by atoms with Crippen molar-refractivity contribution in [1.29, 1.82) is 0 Å². The first-order chi connectivity index (χ1) is 11.3. The second kappa shape index (κ2) is 5.61. The van der Waals surface area contributed by atoms with E-state index < -0.39 is 0 Å². The molecule has 1 fully saturated rings. The van der Waals surface area contributed by atoms with Gasteiger partial charge in [-0.1, -0.05) is 13.3 Å². The van der Waals surface area contributed by atoms with Crippen molar-refractivity contribution in [3.63, 3.8) is 0 Å². The lowest BCUT2D eigenvalue weighted by Crippen LogP contribution is -2.14. The summed E-state index contributed by atoms with van der Waals surface area (Å²) in [6.07, 6.45) is 3.78. The summed E-state index contributed by atoms with van der Waals surface area (Å²) in [5.41, 5.74) is 3.41. The minimum atomic E-state index is 0.0887. The van der Waals surface area contributed by atoms with Gasteiger partial charge in [0.15, 0.2) is 11.5 Å². The van der Waals surface area contributed by atoms with Crippen molar-refractivity contribution in [2.75, 3.05) is 12.1 Å². The van der Waals surface area contributed by atoms with Crippen LogP contribution < -0.4 is 14.8 Å². The molecule has 1 aliphatic heterocycles. The molecule has 1 amide bonds. The zero-order valence-corrected chi connectivity index (χ0v) is 13.0. The second-order valence-corrected chi connectivity index (χ2v) is 6.01. The standard InChI is InChI=1S/C17H19N3O3/c1-2-3-12-16(18-17(21)10-4-5-10)15(20-19-12)11-6-7-13-14(8-11)23-9-22-13/h6-8,10H,2-5,9H2,1H3,(H,18,21)(H,19,20). The van der Waals surface area contributed by atoms with Gasteiger partial charge in [0, 0.05) is 11.5 Å². The van der Waals surface area contributed by atoms with Crippen molar-refractivity contribution in [2.45, 2.75) is 32.6 Å².